The molecule has 3 aromatic rings. The molecule has 3 aromatic carbocycles. The van der Waals surface area contributed by atoms with Crippen LogP contribution in [-0.2, 0) is 11.3 Å². The topological polar surface area (TPSA) is 61.8 Å². The average Bonchev–Trinajstić information content (AvgIpc) is 2.78. The van der Waals surface area contributed by atoms with Crippen LogP contribution in [0.3, 0.4) is 0 Å². The smallest absolute Gasteiger partial charge is 0.338 e. The molecule has 0 aliphatic rings. The zero-order chi connectivity index (χ0) is 23.1. The van der Waals surface area contributed by atoms with E-state index >= 15 is 0 Å². The zero-order valence-corrected chi connectivity index (χ0v) is 20.6. The first-order valence-electron chi connectivity index (χ1n) is 9.98. The van der Waals surface area contributed by atoms with Gasteiger partial charge in [0.05, 0.1) is 15.7 Å². The number of Topliss-reactive ketones (excluding diaryl/α,β-unsaturated/α-hetero) is 1. The summed E-state index contributed by atoms with van der Waals surface area (Å²) in [5, 5.41) is 0.529. The number of halogens is 2. The fourth-order valence-electron chi connectivity index (χ4n) is 2.86. The molecule has 32 heavy (non-hydrogen) atoms. The number of hydrogen-bond donors (Lipinski definition) is 0. The Morgan fingerprint density at radius 3 is 2.28 bits per heavy atom. The predicted molar refractivity (Wildman–Crippen MR) is 132 cm³/mol. The highest BCUT2D eigenvalue weighted by molar-refractivity contribution is 14.1. The van der Waals surface area contributed by atoms with Crippen molar-refractivity contribution < 1.29 is 23.8 Å². The van der Waals surface area contributed by atoms with Crippen LogP contribution in [0.25, 0.3) is 0 Å². The Bertz CT molecular complexity index is 1090. The van der Waals surface area contributed by atoms with Gasteiger partial charge in [-0.1, -0.05) is 41.4 Å². The number of aryl methyl sites for hydroxylation is 1. The van der Waals surface area contributed by atoms with Crippen LogP contribution in [-0.4, -0.2) is 25.0 Å². The van der Waals surface area contributed by atoms with Crippen LogP contribution in [0.1, 0.15) is 38.8 Å². The number of ether oxygens (including phenoxy) is 3. The van der Waals surface area contributed by atoms with Crippen LogP contribution in [0.5, 0.6) is 11.5 Å². The molecule has 0 aliphatic carbocycles. The van der Waals surface area contributed by atoms with Gasteiger partial charge in [0, 0.05) is 10.6 Å². The van der Waals surface area contributed by atoms with E-state index in [9.17, 15) is 9.59 Å². The first-order chi connectivity index (χ1) is 15.4. The lowest BCUT2D eigenvalue weighted by molar-refractivity contribution is 0.0474. The van der Waals surface area contributed by atoms with Crippen molar-refractivity contribution in [2.45, 2.75) is 20.5 Å². The van der Waals surface area contributed by atoms with Gasteiger partial charge in [0.15, 0.2) is 23.9 Å². The molecule has 0 bridgehead atoms. The highest BCUT2D eigenvalue weighted by Crippen LogP contribution is 2.35. The lowest BCUT2D eigenvalue weighted by Crippen LogP contribution is -2.15. The number of carbonyl (C=O) groups excluding carboxylic acids is 2. The number of ketones is 1. The monoisotopic (exact) mass is 564 g/mol. The molecule has 166 valence electrons. The molecule has 7 heteroatoms. The minimum absolute atomic E-state index is 0.282. The van der Waals surface area contributed by atoms with E-state index in [2.05, 4.69) is 22.6 Å². The van der Waals surface area contributed by atoms with Crippen molar-refractivity contribution >= 4 is 45.9 Å². The third-order valence-electron chi connectivity index (χ3n) is 4.55. The first-order valence-corrected chi connectivity index (χ1v) is 11.4. The summed E-state index contributed by atoms with van der Waals surface area (Å²) in [6.07, 6.45) is 0. The quantitative estimate of drug-likeness (QED) is 0.174. The molecule has 0 saturated heterocycles. The average molecular weight is 565 g/mol. The summed E-state index contributed by atoms with van der Waals surface area (Å²) >= 11 is 7.93. The molecule has 0 radical (unpaired) electrons. The minimum Gasteiger partial charge on any atom is -0.490 e. The van der Waals surface area contributed by atoms with Gasteiger partial charge in [-0.25, -0.2) is 4.79 Å². The minimum atomic E-state index is -0.615. The van der Waals surface area contributed by atoms with Crippen molar-refractivity contribution in [3.8, 4) is 11.5 Å². The van der Waals surface area contributed by atoms with Crippen molar-refractivity contribution in [2.24, 2.45) is 0 Å². The molecule has 5 nitrogen and oxygen atoms in total. The maximum absolute atomic E-state index is 12.6. The van der Waals surface area contributed by atoms with Crippen LogP contribution in [0.4, 0.5) is 0 Å². The van der Waals surface area contributed by atoms with Gasteiger partial charge >= 0.3 is 5.97 Å². The van der Waals surface area contributed by atoms with E-state index in [-0.39, 0.29) is 18.0 Å². The van der Waals surface area contributed by atoms with E-state index in [1.807, 2.05) is 38.1 Å². The van der Waals surface area contributed by atoms with Crippen LogP contribution in [0.2, 0.25) is 5.02 Å². The third kappa shape index (κ3) is 6.46. The standard InChI is InChI=1S/C25H22ClIO5/c1-3-30-23-13-19(25(29)32-15-22(28)18-8-10-20(26)11-9-18)12-21(27)24(23)31-14-17-6-4-16(2)5-7-17/h4-13H,3,14-15H2,1-2H3. The van der Waals surface area contributed by atoms with Crippen LogP contribution >= 0.6 is 34.2 Å². The van der Waals surface area contributed by atoms with Gasteiger partial charge in [0.1, 0.15) is 6.61 Å². The van der Waals surface area contributed by atoms with Crippen molar-refractivity contribution in [1.82, 2.24) is 0 Å². The van der Waals surface area contributed by atoms with Gasteiger partial charge in [-0.2, -0.15) is 0 Å². The maximum Gasteiger partial charge on any atom is 0.338 e. The van der Waals surface area contributed by atoms with E-state index < -0.39 is 5.97 Å². The van der Waals surface area contributed by atoms with Crippen LogP contribution in [0.15, 0.2) is 60.7 Å². The van der Waals surface area contributed by atoms with Gasteiger partial charge in [-0.15, -0.1) is 0 Å². The highest BCUT2D eigenvalue weighted by Gasteiger charge is 2.18. The molecule has 0 fully saturated rings. The molecule has 0 heterocycles. The fraction of sp³-hybridized carbons (Fsp3) is 0.200. The van der Waals surface area contributed by atoms with Crippen molar-refractivity contribution in [2.75, 3.05) is 13.2 Å². The lowest BCUT2D eigenvalue weighted by atomic mass is 10.1. The van der Waals surface area contributed by atoms with Gasteiger partial charge in [-0.05, 0) is 78.4 Å². The Hall–Kier alpha value is -2.58. The molecule has 3 rings (SSSR count). The second kappa shape index (κ2) is 11.3. The molecular formula is C25H22ClIO5. The Labute approximate surface area is 205 Å². The second-order valence-corrected chi connectivity index (χ2v) is 8.60. The number of benzene rings is 3. The molecule has 0 aliphatic heterocycles. The summed E-state index contributed by atoms with van der Waals surface area (Å²) in [6, 6.07) is 17.7. The summed E-state index contributed by atoms with van der Waals surface area (Å²) < 4.78 is 17.6. The molecular weight excluding hydrogens is 543 g/mol. The lowest BCUT2D eigenvalue weighted by Gasteiger charge is -2.15. The van der Waals surface area contributed by atoms with Crippen LogP contribution in [0, 0.1) is 10.5 Å². The van der Waals surface area contributed by atoms with E-state index in [0.29, 0.717) is 38.9 Å². The van der Waals surface area contributed by atoms with E-state index in [0.717, 1.165) is 5.56 Å². The largest absolute Gasteiger partial charge is 0.490 e. The number of carbonyl (C=O) groups is 2. The van der Waals surface area contributed by atoms with Crippen molar-refractivity contribution in [3.63, 3.8) is 0 Å². The Kier molecular flexibility index (Phi) is 8.53. The molecule has 0 aromatic heterocycles. The van der Waals surface area contributed by atoms with Crippen molar-refractivity contribution in [1.29, 1.82) is 0 Å². The summed E-state index contributed by atoms with van der Waals surface area (Å²) in [6.45, 7) is 4.29. The molecule has 0 spiro atoms. The van der Waals surface area contributed by atoms with Gasteiger partial charge < -0.3 is 14.2 Å². The first kappa shape index (κ1) is 24.1. The Balaban J connectivity index is 1.70. The third-order valence-corrected chi connectivity index (χ3v) is 5.60. The van der Waals surface area contributed by atoms with Gasteiger partial charge in [-0.3, -0.25) is 4.79 Å². The summed E-state index contributed by atoms with van der Waals surface area (Å²) in [4.78, 5) is 24.8. The molecule has 0 unspecified atom stereocenters. The molecule has 0 atom stereocenters. The van der Waals surface area contributed by atoms with Gasteiger partial charge in [0.25, 0.3) is 0 Å². The number of esters is 1. The van der Waals surface area contributed by atoms with E-state index in [4.69, 9.17) is 25.8 Å². The molecule has 0 N–H and O–H groups in total. The second-order valence-electron chi connectivity index (χ2n) is 7.00. The number of hydrogen-bond acceptors (Lipinski definition) is 5. The highest BCUT2D eigenvalue weighted by atomic mass is 127. The predicted octanol–water partition coefficient (Wildman–Crippen LogP) is 6.27. The Morgan fingerprint density at radius 1 is 0.938 bits per heavy atom. The SMILES string of the molecule is CCOc1cc(C(=O)OCC(=O)c2ccc(Cl)cc2)cc(I)c1OCc1ccc(C)cc1. The summed E-state index contributed by atoms with van der Waals surface area (Å²) in [7, 11) is 0. The number of rotatable bonds is 9. The zero-order valence-electron chi connectivity index (χ0n) is 17.7. The summed E-state index contributed by atoms with van der Waals surface area (Å²) in [5.41, 5.74) is 2.91. The maximum atomic E-state index is 12.6. The Morgan fingerprint density at radius 2 is 1.62 bits per heavy atom. The van der Waals surface area contributed by atoms with E-state index in [1.54, 1.807) is 36.4 Å². The normalized spacial score (nSPS) is 10.5. The molecule has 0 saturated carbocycles. The summed E-state index contributed by atoms with van der Waals surface area (Å²) in [5.74, 6) is 0.0772. The van der Waals surface area contributed by atoms with E-state index in [1.165, 1.54) is 5.56 Å². The fourth-order valence-corrected chi connectivity index (χ4v) is 3.75. The van der Waals surface area contributed by atoms with Gasteiger partial charge in [0.2, 0.25) is 0 Å². The molecule has 0 amide bonds. The van der Waals surface area contributed by atoms with Crippen LogP contribution < -0.4 is 9.47 Å². The van der Waals surface area contributed by atoms with Crippen molar-refractivity contribution in [3.05, 3.63) is 91.5 Å².